The third-order valence-corrected chi connectivity index (χ3v) is 4.95. The Kier molecular flexibility index (Phi) is 5.59. The first-order chi connectivity index (χ1) is 12.6. The van der Waals surface area contributed by atoms with Crippen LogP contribution in [0.15, 0.2) is 28.9 Å². The Morgan fingerprint density at radius 3 is 2.59 bits per heavy atom. The highest BCUT2D eigenvalue weighted by Gasteiger charge is 2.38. The normalized spacial score (nSPS) is 16.1. The lowest BCUT2D eigenvalue weighted by Gasteiger charge is -2.32. The summed E-state index contributed by atoms with van der Waals surface area (Å²) in [5, 5.41) is 8.58. The van der Waals surface area contributed by atoms with Gasteiger partial charge in [0.2, 0.25) is 11.7 Å². The van der Waals surface area contributed by atoms with E-state index in [9.17, 15) is 0 Å². The summed E-state index contributed by atoms with van der Waals surface area (Å²) in [5.41, 5.74) is 8.51. The average Bonchev–Trinajstić information content (AvgIpc) is 3.29. The molecular formula is C18H23ClN6O2. The molecule has 0 spiro atoms. The van der Waals surface area contributed by atoms with Gasteiger partial charge in [-0.3, -0.25) is 0 Å². The minimum Gasteiger partial charge on any atom is -0.381 e. The Balaban J connectivity index is 0.00000210. The molecule has 27 heavy (non-hydrogen) atoms. The molecule has 2 N–H and O–H groups in total. The molecule has 0 aliphatic carbocycles. The molecule has 0 bridgehead atoms. The van der Waals surface area contributed by atoms with E-state index >= 15 is 0 Å². The number of aromatic nitrogens is 5. The standard InChI is InChI=1S/C18H22N6O2.ClH/c1-12-9-13(2)24(22-12)15-4-3-14(10-20-15)16-21-17(26-23-16)18(11-19)5-7-25-8-6-18;/h3-4,9-10H,5-8,11,19H2,1-2H3;1H. The van der Waals surface area contributed by atoms with Crippen molar-refractivity contribution in [3.63, 3.8) is 0 Å². The second kappa shape index (κ2) is 7.75. The summed E-state index contributed by atoms with van der Waals surface area (Å²) < 4.78 is 12.8. The predicted molar refractivity (Wildman–Crippen MR) is 102 cm³/mol. The highest BCUT2D eigenvalue weighted by Crippen LogP contribution is 2.33. The number of halogens is 1. The molecule has 0 atom stereocenters. The van der Waals surface area contributed by atoms with Crippen molar-refractivity contribution in [3.8, 4) is 17.2 Å². The molecule has 3 aromatic rings. The summed E-state index contributed by atoms with van der Waals surface area (Å²) in [5.74, 6) is 1.86. The minimum absolute atomic E-state index is 0. The van der Waals surface area contributed by atoms with Gasteiger partial charge in [0.25, 0.3) is 0 Å². The molecular weight excluding hydrogens is 368 g/mol. The van der Waals surface area contributed by atoms with Gasteiger partial charge < -0.3 is 15.0 Å². The summed E-state index contributed by atoms with van der Waals surface area (Å²) in [6, 6.07) is 5.84. The maximum absolute atomic E-state index is 6.01. The monoisotopic (exact) mass is 390 g/mol. The van der Waals surface area contributed by atoms with E-state index in [4.69, 9.17) is 15.0 Å². The summed E-state index contributed by atoms with van der Waals surface area (Å²) >= 11 is 0. The molecule has 144 valence electrons. The van der Waals surface area contributed by atoms with Crippen LogP contribution in [0.4, 0.5) is 0 Å². The quantitative estimate of drug-likeness (QED) is 0.728. The molecule has 0 amide bonds. The second-order valence-electron chi connectivity index (χ2n) is 6.76. The lowest BCUT2D eigenvalue weighted by Crippen LogP contribution is -2.40. The van der Waals surface area contributed by atoms with Gasteiger partial charge in [-0.2, -0.15) is 10.1 Å². The molecule has 1 fully saturated rings. The number of nitrogens with two attached hydrogens (primary N) is 1. The van der Waals surface area contributed by atoms with Crippen LogP contribution in [0.2, 0.25) is 0 Å². The topological polar surface area (TPSA) is 105 Å². The van der Waals surface area contributed by atoms with E-state index in [1.54, 1.807) is 6.20 Å². The SMILES string of the molecule is Cc1cc(C)n(-c2ccc(-c3noc(C4(CN)CCOCC4)n3)cn2)n1.Cl. The lowest BCUT2D eigenvalue weighted by atomic mass is 9.80. The molecule has 1 aliphatic rings. The summed E-state index contributed by atoms with van der Waals surface area (Å²) in [4.78, 5) is 9.09. The molecule has 9 heteroatoms. The van der Waals surface area contributed by atoms with Gasteiger partial charge in [-0.25, -0.2) is 9.67 Å². The zero-order valence-electron chi connectivity index (χ0n) is 15.4. The fraction of sp³-hybridized carbons (Fsp3) is 0.444. The molecule has 0 saturated carbocycles. The van der Waals surface area contributed by atoms with Gasteiger partial charge in [-0.1, -0.05) is 5.16 Å². The van der Waals surface area contributed by atoms with Crippen LogP contribution >= 0.6 is 12.4 Å². The molecule has 1 aliphatic heterocycles. The molecule has 1 saturated heterocycles. The number of hydrogen-bond donors (Lipinski definition) is 1. The van der Waals surface area contributed by atoms with Gasteiger partial charge in [-0.05, 0) is 44.9 Å². The van der Waals surface area contributed by atoms with Gasteiger partial charge in [0.05, 0.1) is 11.1 Å². The van der Waals surface area contributed by atoms with Crippen LogP contribution in [0.5, 0.6) is 0 Å². The average molecular weight is 391 g/mol. The minimum atomic E-state index is -0.291. The smallest absolute Gasteiger partial charge is 0.234 e. The zero-order valence-corrected chi connectivity index (χ0v) is 16.2. The Morgan fingerprint density at radius 2 is 2.00 bits per heavy atom. The third kappa shape index (κ3) is 3.60. The highest BCUT2D eigenvalue weighted by atomic mass is 35.5. The number of aryl methyl sites for hydroxylation is 2. The number of pyridine rings is 1. The van der Waals surface area contributed by atoms with Crippen molar-refractivity contribution >= 4 is 12.4 Å². The number of hydrogen-bond acceptors (Lipinski definition) is 7. The summed E-state index contributed by atoms with van der Waals surface area (Å²) in [7, 11) is 0. The van der Waals surface area contributed by atoms with Crippen molar-refractivity contribution in [2.75, 3.05) is 19.8 Å². The first-order valence-electron chi connectivity index (χ1n) is 8.73. The first-order valence-corrected chi connectivity index (χ1v) is 8.73. The number of nitrogens with zero attached hydrogens (tertiary/aromatic N) is 5. The molecule has 8 nitrogen and oxygen atoms in total. The highest BCUT2D eigenvalue weighted by molar-refractivity contribution is 5.85. The van der Waals surface area contributed by atoms with E-state index < -0.39 is 0 Å². The van der Waals surface area contributed by atoms with Crippen LogP contribution in [0.3, 0.4) is 0 Å². The van der Waals surface area contributed by atoms with Crippen LogP contribution in [0, 0.1) is 13.8 Å². The molecule has 4 rings (SSSR count). The van der Waals surface area contributed by atoms with Gasteiger partial charge in [-0.15, -0.1) is 12.4 Å². The van der Waals surface area contributed by atoms with E-state index in [1.165, 1.54) is 0 Å². The first kappa shape index (κ1) is 19.5. The third-order valence-electron chi connectivity index (χ3n) is 4.95. The molecule has 4 heterocycles. The van der Waals surface area contributed by atoms with Crippen molar-refractivity contribution in [1.29, 1.82) is 0 Å². The van der Waals surface area contributed by atoms with Gasteiger partial charge in [0.15, 0.2) is 5.82 Å². The van der Waals surface area contributed by atoms with Crippen LogP contribution in [0.1, 0.15) is 30.1 Å². The van der Waals surface area contributed by atoms with Crippen LogP contribution in [0.25, 0.3) is 17.2 Å². The molecule has 0 aromatic carbocycles. The summed E-state index contributed by atoms with van der Waals surface area (Å²) in [6.45, 7) is 5.75. The van der Waals surface area contributed by atoms with Gasteiger partial charge >= 0.3 is 0 Å². The van der Waals surface area contributed by atoms with E-state index in [0.29, 0.717) is 31.5 Å². The Labute approximate surface area is 163 Å². The van der Waals surface area contributed by atoms with Crippen molar-refractivity contribution in [2.45, 2.75) is 32.1 Å². The predicted octanol–water partition coefficient (Wildman–Crippen LogP) is 2.36. The summed E-state index contributed by atoms with van der Waals surface area (Å²) in [6.07, 6.45) is 3.32. The van der Waals surface area contributed by atoms with Crippen molar-refractivity contribution in [2.24, 2.45) is 5.73 Å². The van der Waals surface area contributed by atoms with E-state index in [1.807, 2.05) is 36.7 Å². The molecule has 0 radical (unpaired) electrons. The Morgan fingerprint density at radius 1 is 1.22 bits per heavy atom. The van der Waals surface area contributed by atoms with Gasteiger partial charge in [0, 0.05) is 37.2 Å². The zero-order chi connectivity index (χ0) is 18.1. The largest absolute Gasteiger partial charge is 0.381 e. The van der Waals surface area contributed by atoms with Crippen molar-refractivity contribution in [1.82, 2.24) is 24.9 Å². The van der Waals surface area contributed by atoms with Gasteiger partial charge in [0.1, 0.15) is 0 Å². The fourth-order valence-corrected chi connectivity index (χ4v) is 3.33. The van der Waals surface area contributed by atoms with E-state index in [2.05, 4.69) is 20.2 Å². The Hall–Kier alpha value is -2.29. The van der Waals surface area contributed by atoms with E-state index in [-0.39, 0.29) is 17.8 Å². The number of rotatable bonds is 4. The van der Waals surface area contributed by atoms with Crippen LogP contribution in [-0.4, -0.2) is 44.7 Å². The van der Waals surface area contributed by atoms with Crippen molar-refractivity contribution < 1.29 is 9.26 Å². The number of ether oxygens (including phenoxy) is 1. The van der Waals surface area contributed by atoms with Crippen molar-refractivity contribution in [3.05, 3.63) is 41.7 Å². The lowest BCUT2D eigenvalue weighted by molar-refractivity contribution is 0.0409. The second-order valence-corrected chi connectivity index (χ2v) is 6.76. The molecule has 3 aromatic heterocycles. The fourth-order valence-electron chi connectivity index (χ4n) is 3.33. The molecule has 0 unspecified atom stereocenters. The van der Waals surface area contributed by atoms with Crippen LogP contribution < -0.4 is 5.73 Å². The Bertz CT molecular complexity index is 899. The van der Waals surface area contributed by atoms with E-state index in [0.717, 1.165) is 35.6 Å². The maximum Gasteiger partial charge on any atom is 0.234 e. The maximum atomic E-state index is 6.01. The van der Waals surface area contributed by atoms with Crippen LogP contribution in [-0.2, 0) is 10.2 Å².